The molecule has 2 atom stereocenters. The summed E-state index contributed by atoms with van der Waals surface area (Å²) in [4.78, 5) is 0.388. The first kappa shape index (κ1) is 15.9. The number of halogens is 1. The summed E-state index contributed by atoms with van der Waals surface area (Å²) in [5, 5.41) is 0. The first-order valence-electron chi connectivity index (χ1n) is 6.64. The summed E-state index contributed by atoms with van der Waals surface area (Å²) in [7, 11) is -3.47. The fraction of sp³-hybridized carbons (Fsp3) is 0.571. The zero-order valence-electron chi connectivity index (χ0n) is 12.2. The van der Waals surface area contributed by atoms with Gasteiger partial charge in [0.2, 0.25) is 10.0 Å². The second kappa shape index (κ2) is 5.75. The lowest BCUT2D eigenvalue weighted by Gasteiger charge is -2.34. The monoisotopic (exact) mass is 361 g/mol. The van der Waals surface area contributed by atoms with Gasteiger partial charge in [-0.1, -0.05) is 15.9 Å². The number of morpholine rings is 1. The van der Waals surface area contributed by atoms with Gasteiger partial charge in [0.1, 0.15) is 0 Å². The molecule has 112 valence electrons. The quantitative estimate of drug-likeness (QED) is 0.813. The molecule has 1 saturated heterocycles. The van der Waals surface area contributed by atoms with Gasteiger partial charge in [0.15, 0.2) is 0 Å². The Hall–Kier alpha value is -0.430. The van der Waals surface area contributed by atoms with Crippen molar-refractivity contribution in [2.75, 3.05) is 13.1 Å². The molecule has 0 saturated carbocycles. The van der Waals surface area contributed by atoms with Crippen molar-refractivity contribution in [2.45, 2.75) is 44.8 Å². The van der Waals surface area contributed by atoms with Crippen molar-refractivity contribution in [3.05, 3.63) is 27.7 Å². The van der Waals surface area contributed by atoms with E-state index in [1.165, 1.54) is 4.31 Å². The van der Waals surface area contributed by atoms with Crippen molar-refractivity contribution in [3.63, 3.8) is 0 Å². The summed E-state index contributed by atoms with van der Waals surface area (Å²) in [6, 6.07) is 3.59. The van der Waals surface area contributed by atoms with Crippen molar-refractivity contribution in [2.24, 2.45) is 0 Å². The van der Waals surface area contributed by atoms with Crippen LogP contribution in [-0.2, 0) is 14.8 Å². The minimum atomic E-state index is -3.47. The lowest BCUT2D eigenvalue weighted by Crippen LogP contribution is -2.48. The van der Waals surface area contributed by atoms with Gasteiger partial charge in [-0.15, -0.1) is 0 Å². The average molecular weight is 362 g/mol. The number of ether oxygens (including phenoxy) is 1. The topological polar surface area (TPSA) is 46.6 Å². The van der Waals surface area contributed by atoms with Gasteiger partial charge in [0.25, 0.3) is 0 Å². The van der Waals surface area contributed by atoms with Gasteiger partial charge >= 0.3 is 0 Å². The lowest BCUT2D eigenvalue weighted by molar-refractivity contribution is -0.0440. The smallest absolute Gasteiger partial charge is 0.243 e. The van der Waals surface area contributed by atoms with Crippen molar-refractivity contribution in [1.29, 1.82) is 0 Å². The number of sulfonamides is 1. The third kappa shape index (κ3) is 3.08. The highest BCUT2D eigenvalue weighted by molar-refractivity contribution is 9.10. The molecule has 0 aliphatic carbocycles. The molecule has 0 radical (unpaired) electrons. The van der Waals surface area contributed by atoms with E-state index in [0.29, 0.717) is 18.0 Å². The van der Waals surface area contributed by atoms with Gasteiger partial charge in [-0.05, 0) is 51.0 Å². The summed E-state index contributed by atoms with van der Waals surface area (Å²) < 4.78 is 33.7. The van der Waals surface area contributed by atoms with E-state index in [2.05, 4.69) is 15.9 Å². The fourth-order valence-electron chi connectivity index (χ4n) is 2.50. The van der Waals surface area contributed by atoms with Crippen LogP contribution in [0.2, 0.25) is 0 Å². The van der Waals surface area contributed by atoms with E-state index in [1.807, 2.05) is 33.8 Å². The zero-order chi connectivity index (χ0) is 15.1. The van der Waals surface area contributed by atoms with E-state index >= 15 is 0 Å². The van der Waals surface area contributed by atoms with Gasteiger partial charge < -0.3 is 4.74 Å². The van der Waals surface area contributed by atoms with Gasteiger partial charge in [-0.2, -0.15) is 4.31 Å². The molecule has 6 heteroatoms. The summed E-state index contributed by atoms with van der Waals surface area (Å²) in [5.41, 5.74) is 1.68. The van der Waals surface area contributed by atoms with Gasteiger partial charge in [0.05, 0.1) is 17.1 Å². The van der Waals surface area contributed by atoms with Crippen molar-refractivity contribution in [1.82, 2.24) is 4.31 Å². The summed E-state index contributed by atoms with van der Waals surface area (Å²) in [5.74, 6) is 0. The van der Waals surface area contributed by atoms with E-state index in [1.54, 1.807) is 6.07 Å². The van der Waals surface area contributed by atoms with Crippen LogP contribution in [0.5, 0.6) is 0 Å². The van der Waals surface area contributed by atoms with Crippen LogP contribution in [0.25, 0.3) is 0 Å². The van der Waals surface area contributed by atoms with Crippen LogP contribution in [0.1, 0.15) is 25.0 Å². The maximum absolute atomic E-state index is 12.8. The molecule has 0 unspecified atom stereocenters. The number of aryl methyl sites for hydroxylation is 2. The van der Waals surface area contributed by atoms with Crippen molar-refractivity contribution in [3.8, 4) is 0 Å². The molecule has 1 aromatic rings. The Morgan fingerprint density at radius 1 is 1.15 bits per heavy atom. The molecule has 1 aliphatic rings. The second-order valence-corrected chi connectivity index (χ2v) is 8.21. The highest BCUT2D eigenvalue weighted by Crippen LogP contribution is 2.28. The Balaban J connectivity index is 2.42. The molecule has 20 heavy (non-hydrogen) atoms. The normalized spacial score (nSPS) is 24.9. The Labute approximate surface area is 129 Å². The fourth-order valence-corrected chi connectivity index (χ4v) is 4.84. The van der Waals surface area contributed by atoms with E-state index < -0.39 is 10.0 Å². The molecular formula is C14H20BrNO3S. The van der Waals surface area contributed by atoms with Gasteiger partial charge in [-0.3, -0.25) is 0 Å². The lowest BCUT2D eigenvalue weighted by atomic mass is 10.2. The highest BCUT2D eigenvalue weighted by Gasteiger charge is 2.33. The SMILES string of the molecule is Cc1cc(S(=O)(=O)N2C[C@@H](C)O[C@H](C)C2)c(C)cc1Br. The number of rotatable bonds is 2. The van der Waals surface area contributed by atoms with Crippen LogP contribution < -0.4 is 0 Å². The molecular weight excluding hydrogens is 342 g/mol. The van der Waals surface area contributed by atoms with Crippen molar-refractivity contribution < 1.29 is 13.2 Å². The van der Waals surface area contributed by atoms with Gasteiger partial charge in [-0.25, -0.2) is 8.42 Å². The molecule has 1 fully saturated rings. The van der Waals surface area contributed by atoms with Gasteiger partial charge in [0, 0.05) is 17.6 Å². The average Bonchev–Trinajstić information content (AvgIpc) is 2.32. The minimum absolute atomic E-state index is 0.0784. The Morgan fingerprint density at radius 3 is 2.25 bits per heavy atom. The summed E-state index contributed by atoms with van der Waals surface area (Å²) in [6.45, 7) is 8.33. The molecule has 2 rings (SSSR count). The highest BCUT2D eigenvalue weighted by atomic mass is 79.9. The molecule has 1 aliphatic heterocycles. The van der Waals surface area contributed by atoms with Crippen molar-refractivity contribution >= 4 is 26.0 Å². The number of nitrogens with zero attached hydrogens (tertiary/aromatic N) is 1. The Kier molecular flexibility index (Phi) is 4.59. The van der Waals surface area contributed by atoms with E-state index in [9.17, 15) is 8.42 Å². The zero-order valence-corrected chi connectivity index (χ0v) is 14.6. The second-order valence-electron chi connectivity index (χ2n) is 5.45. The molecule has 1 aromatic carbocycles. The van der Waals surface area contributed by atoms with Crippen LogP contribution in [0.15, 0.2) is 21.5 Å². The van der Waals surface area contributed by atoms with E-state index in [4.69, 9.17) is 4.74 Å². The van der Waals surface area contributed by atoms with Crippen LogP contribution >= 0.6 is 15.9 Å². The number of hydrogen-bond donors (Lipinski definition) is 0. The molecule has 0 amide bonds. The first-order chi connectivity index (χ1) is 9.21. The largest absolute Gasteiger partial charge is 0.373 e. The molecule has 0 aromatic heterocycles. The maximum Gasteiger partial charge on any atom is 0.243 e. The molecule has 4 nitrogen and oxygen atoms in total. The Bertz CT molecular complexity index is 605. The van der Waals surface area contributed by atoms with E-state index in [-0.39, 0.29) is 12.2 Å². The number of hydrogen-bond acceptors (Lipinski definition) is 3. The minimum Gasteiger partial charge on any atom is -0.373 e. The van der Waals surface area contributed by atoms with E-state index in [0.717, 1.165) is 15.6 Å². The van der Waals surface area contributed by atoms with Crippen LogP contribution in [0, 0.1) is 13.8 Å². The molecule has 1 heterocycles. The third-order valence-corrected chi connectivity index (χ3v) is 6.29. The summed E-state index contributed by atoms with van der Waals surface area (Å²) >= 11 is 3.43. The number of benzene rings is 1. The third-order valence-electron chi connectivity index (χ3n) is 3.46. The first-order valence-corrected chi connectivity index (χ1v) is 8.87. The molecule has 0 spiro atoms. The van der Waals surface area contributed by atoms with Crippen LogP contribution in [0.3, 0.4) is 0 Å². The Morgan fingerprint density at radius 2 is 1.70 bits per heavy atom. The maximum atomic E-state index is 12.8. The summed E-state index contributed by atoms with van der Waals surface area (Å²) in [6.07, 6.45) is -0.157. The standard InChI is InChI=1S/C14H20BrNO3S/c1-9-6-14(10(2)5-13(9)15)20(17,18)16-7-11(3)19-12(4)8-16/h5-6,11-12H,7-8H2,1-4H3/t11-,12-/m1/s1. The predicted octanol–water partition coefficient (Wildman–Crippen LogP) is 2.86. The predicted molar refractivity (Wildman–Crippen MR) is 82.4 cm³/mol. The molecule has 0 N–H and O–H groups in total. The molecule has 0 bridgehead atoms. The van der Waals surface area contributed by atoms with Crippen LogP contribution in [0.4, 0.5) is 0 Å². The van der Waals surface area contributed by atoms with Crippen LogP contribution in [-0.4, -0.2) is 38.0 Å².